The van der Waals surface area contributed by atoms with E-state index in [1.165, 1.54) is 9.10 Å². The van der Waals surface area contributed by atoms with Crippen LogP contribution in [0.15, 0.2) is 94.7 Å². The van der Waals surface area contributed by atoms with Gasteiger partial charge in [0.05, 0.1) is 39.5 Å². The lowest BCUT2D eigenvalue weighted by Gasteiger charge is -2.26. The van der Waals surface area contributed by atoms with Crippen LogP contribution in [0.25, 0.3) is 11.4 Å². The summed E-state index contributed by atoms with van der Waals surface area (Å²) in [6, 6.07) is 23.9. The maximum absolute atomic E-state index is 15.3. The van der Waals surface area contributed by atoms with Gasteiger partial charge in [-0.1, -0.05) is 36.4 Å². The van der Waals surface area contributed by atoms with Crippen LogP contribution >= 0.6 is 34.4 Å². The number of nitrogens with zero attached hydrogens (tertiary/aromatic N) is 5. The Morgan fingerprint density at radius 3 is 1.84 bits per heavy atom. The molecule has 1 atom stereocenters. The number of hydrogen-bond acceptors (Lipinski definition) is 11. The Morgan fingerprint density at radius 2 is 1.35 bits per heavy atom. The molecule has 0 aliphatic heterocycles. The molecule has 5 aromatic rings. The van der Waals surface area contributed by atoms with Crippen molar-refractivity contribution in [1.29, 1.82) is 0 Å². The molecule has 2 amide bonds. The van der Waals surface area contributed by atoms with Crippen molar-refractivity contribution < 1.29 is 42.4 Å². The van der Waals surface area contributed by atoms with Gasteiger partial charge in [0.25, 0.3) is 0 Å². The first-order valence-corrected chi connectivity index (χ1v) is 20.0. The number of rotatable bonds is 18. The van der Waals surface area contributed by atoms with E-state index in [0.717, 1.165) is 17.3 Å². The molecule has 19 heteroatoms. The fourth-order valence-corrected chi connectivity index (χ4v) is 9.40. The zero-order chi connectivity index (χ0) is 39.5. The van der Waals surface area contributed by atoms with Crippen molar-refractivity contribution in [3.8, 4) is 28.6 Å². The predicted octanol–water partition coefficient (Wildman–Crippen LogP) is 5.41. The van der Waals surface area contributed by atoms with Crippen LogP contribution in [0.1, 0.15) is 16.7 Å². The van der Waals surface area contributed by atoms with Gasteiger partial charge in [-0.05, 0) is 93.0 Å². The molecule has 290 valence electrons. The van der Waals surface area contributed by atoms with E-state index in [4.69, 9.17) is 14.2 Å². The number of benzene rings is 4. The van der Waals surface area contributed by atoms with Crippen molar-refractivity contribution in [3.05, 3.63) is 105 Å². The molecule has 0 radical (unpaired) electrons. The van der Waals surface area contributed by atoms with Crippen LogP contribution in [0.3, 0.4) is 0 Å². The minimum Gasteiger partial charge on any atom is -0.497 e. The van der Waals surface area contributed by atoms with Crippen LogP contribution in [0.2, 0.25) is 0 Å². The zero-order valence-electron chi connectivity index (χ0n) is 29.9. The normalized spacial score (nSPS) is 11.9. The molecule has 4 aromatic carbocycles. The van der Waals surface area contributed by atoms with Crippen molar-refractivity contribution in [2.75, 3.05) is 33.6 Å². The Bertz CT molecular complexity index is 2140. The molecule has 1 unspecified atom stereocenters. The first-order chi connectivity index (χ1) is 26.4. The Balaban J connectivity index is 1.63. The summed E-state index contributed by atoms with van der Waals surface area (Å²) >= 11 is 3.09. The highest BCUT2D eigenvalue weighted by molar-refractivity contribution is 14.1. The van der Waals surface area contributed by atoms with Crippen molar-refractivity contribution in [2.45, 2.75) is 35.5 Å². The molecule has 16 nitrogen and oxygen atoms in total. The highest BCUT2D eigenvalue weighted by Gasteiger charge is 2.34. The SMILES string of the molecule is COc1ccc(CN(Cc2ccc(OC)cc2)S(=O)(=O)c2c(SCC(CNC(=O)O)NC(=O)O)ccc(I)c2-c2nnn(Cc3ccc(OC)cc3)n2)cc1. The minimum atomic E-state index is -4.45. The number of carboxylic acid groups (broad SMARTS) is 2. The average Bonchev–Trinajstić information content (AvgIpc) is 3.64. The third-order valence-electron chi connectivity index (χ3n) is 8.13. The number of methoxy groups -OCH3 is 3. The number of halogens is 1. The van der Waals surface area contributed by atoms with Crippen molar-refractivity contribution in [3.63, 3.8) is 0 Å². The summed E-state index contributed by atoms with van der Waals surface area (Å²) in [7, 11) is 0.216. The summed E-state index contributed by atoms with van der Waals surface area (Å²) < 4.78 is 48.4. The van der Waals surface area contributed by atoms with Gasteiger partial charge in [0.1, 0.15) is 22.1 Å². The van der Waals surface area contributed by atoms with Crippen LogP contribution in [0, 0.1) is 3.57 Å². The Labute approximate surface area is 335 Å². The van der Waals surface area contributed by atoms with Crippen molar-refractivity contribution >= 4 is 56.6 Å². The number of hydrogen-bond donors (Lipinski definition) is 4. The number of sulfonamides is 1. The molecule has 0 aliphatic rings. The van der Waals surface area contributed by atoms with Gasteiger partial charge in [0.2, 0.25) is 15.8 Å². The molecule has 0 aliphatic carbocycles. The second-order valence-corrected chi connectivity index (χ2v) is 16.0. The van der Waals surface area contributed by atoms with Crippen LogP contribution in [-0.2, 0) is 29.7 Å². The lowest BCUT2D eigenvalue weighted by atomic mass is 10.2. The fraction of sp³-hybridized carbons (Fsp3) is 0.250. The third kappa shape index (κ3) is 11.0. The Kier molecular flexibility index (Phi) is 14.2. The van der Waals surface area contributed by atoms with E-state index in [0.29, 0.717) is 31.9 Å². The van der Waals surface area contributed by atoms with Gasteiger partial charge in [-0.25, -0.2) is 18.0 Å². The van der Waals surface area contributed by atoms with E-state index in [1.54, 1.807) is 94.1 Å². The van der Waals surface area contributed by atoms with Crippen molar-refractivity contribution in [2.24, 2.45) is 0 Å². The second kappa shape index (κ2) is 19.0. The second-order valence-electron chi connectivity index (χ2n) is 11.9. The third-order valence-corrected chi connectivity index (χ3v) is 12.3. The van der Waals surface area contributed by atoms with Gasteiger partial charge in [0, 0.05) is 33.9 Å². The van der Waals surface area contributed by atoms with Crippen LogP contribution in [0.5, 0.6) is 17.2 Å². The van der Waals surface area contributed by atoms with Crippen molar-refractivity contribution in [1.82, 2.24) is 35.1 Å². The molecule has 5 rings (SSSR count). The van der Waals surface area contributed by atoms with E-state index < -0.39 is 28.3 Å². The van der Waals surface area contributed by atoms with Crippen LogP contribution in [-0.4, -0.2) is 95.0 Å². The summed E-state index contributed by atoms with van der Waals surface area (Å²) in [5.41, 5.74) is 2.43. The highest BCUT2D eigenvalue weighted by Crippen LogP contribution is 2.40. The summed E-state index contributed by atoms with van der Waals surface area (Å²) in [5, 5.41) is 36.3. The zero-order valence-corrected chi connectivity index (χ0v) is 33.7. The molecule has 1 heterocycles. The largest absolute Gasteiger partial charge is 0.497 e. The number of tetrazole rings is 1. The molecule has 0 spiro atoms. The summed E-state index contributed by atoms with van der Waals surface area (Å²) in [6.07, 6.45) is -2.70. The topological polar surface area (TPSA) is 207 Å². The molecule has 0 saturated carbocycles. The van der Waals surface area contributed by atoms with E-state index in [-0.39, 0.29) is 53.1 Å². The molecule has 0 fully saturated rings. The standard InChI is InChI=1S/C36H38IN7O9S2/c1-51-27-10-4-23(5-11-27)19-43(20-24-6-12-28(52-2)13-7-24)55(49,50)33-31(54-22-26(39-36(47)48)18-38-35(45)46)17-16-30(37)32(33)34-40-42-44(41-34)21-25-8-14-29(53-3)15-9-25/h4-17,26,38-39H,18-22H2,1-3H3,(H,45,46)(H,47,48). The van der Waals surface area contributed by atoms with E-state index in [2.05, 4.69) is 26.0 Å². The van der Waals surface area contributed by atoms with Gasteiger partial charge in [-0.3, -0.25) is 0 Å². The summed E-state index contributed by atoms with van der Waals surface area (Å²) in [6.45, 7) is -0.0755. The number of aromatic nitrogens is 4. The van der Waals surface area contributed by atoms with Gasteiger partial charge >= 0.3 is 12.2 Å². The summed E-state index contributed by atoms with van der Waals surface area (Å²) in [4.78, 5) is 24.4. The number of carbonyl (C=O) groups is 2. The van der Waals surface area contributed by atoms with E-state index >= 15 is 8.42 Å². The molecule has 1 aromatic heterocycles. The lowest BCUT2D eigenvalue weighted by molar-refractivity contribution is 0.185. The maximum Gasteiger partial charge on any atom is 0.404 e. The molecule has 55 heavy (non-hydrogen) atoms. The average molecular weight is 904 g/mol. The van der Waals surface area contributed by atoms with E-state index in [9.17, 15) is 19.8 Å². The maximum atomic E-state index is 15.3. The fourth-order valence-electron chi connectivity index (χ4n) is 5.37. The van der Waals surface area contributed by atoms with Gasteiger partial charge in [0.15, 0.2) is 0 Å². The number of thioether (sulfide) groups is 1. The van der Waals surface area contributed by atoms with Gasteiger partial charge < -0.3 is 35.1 Å². The monoisotopic (exact) mass is 903 g/mol. The van der Waals surface area contributed by atoms with Crippen LogP contribution < -0.4 is 24.8 Å². The Hall–Kier alpha value is -5.12. The summed E-state index contributed by atoms with van der Waals surface area (Å²) in [5.74, 6) is 1.93. The molecule has 4 N–H and O–H groups in total. The molecule has 0 bridgehead atoms. The Morgan fingerprint density at radius 1 is 0.818 bits per heavy atom. The van der Waals surface area contributed by atoms with Gasteiger partial charge in [-0.15, -0.1) is 22.0 Å². The van der Waals surface area contributed by atoms with Gasteiger partial charge in [-0.2, -0.15) is 9.10 Å². The molecular formula is C36H38IN7O9S2. The quantitative estimate of drug-likeness (QED) is 0.0643. The predicted molar refractivity (Wildman–Crippen MR) is 212 cm³/mol. The molecular weight excluding hydrogens is 865 g/mol. The number of ether oxygens (including phenoxy) is 3. The van der Waals surface area contributed by atoms with E-state index in [1.807, 2.05) is 34.7 Å². The first-order valence-electron chi connectivity index (χ1n) is 16.5. The van der Waals surface area contributed by atoms with Crippen LogP contribution in [0.4, 0.5) is 9.59 Å². The number of amides is 2. The molecule has 0 saturated heterocycles. The highest BCUT2D eigenvalue weighted by atomic mass is 127. The first kappa shape index (κ1) is 41.1. The number of nitrogens with one attached hydrogen (secondary N) is 2. The minimum absolute atomic E-state index is 0.0241. The smallest absolute Gasteiger partial charge is 0.404 e. The lowest BCUT2D eigenvalue weighted by Crippen LogP contribution is -2.44.